The van der Waals surface area contributed by atoms with Gasteiger partial charge in [0.25, 0.3) is 0 Å². The largest absolute Gasteiger partial charge is 0.320 e. The highest BCUT2D eigenvalue weighted by Gasteiger charge is 2.22. The molecular weight excluding hydrogens is 278 g/mol. The van der Waals surface area contributed by atoms with E-state index in [1.54, 1.807) is 17.9 Å². The van der Waals surface area contributed by atoms with Crippen molar-refractivity contribution in [3.63, 3.8) is 0 Å². The number of nitrogens with zero attached hydrogens (tertiary/aromatic N) is 4. The van der Waals surface area contributed by atoms with E-state index in [4.69, 9.17) is 0 Å². The van der Waals surface area contributed by atoms with Crippen LogP contribution in [0, 0.1) is 0 Å². The van der Waals surface area contributed by atoms with Gasteiger partial charge in [0.1, 0.15) is 4.90 Å². The molecule has 7 nitrogen and oxygen atoms in total. The highest BCUT2D eigenvalue weighted by atomic mass is 32.2. The van der Waals surface area contributed by atoms with Crippen molar-refractivity contribution < 1.29 is 8.42 Å². The number of likely N-dealkylation sites (N-methyl/N-ethyl adjacent to an activating group) is 2. The van der Waals surface area contributed by atoms with E-state index in [9.17, 15) is 8.42 Å². The fraction of sp³-hybridized carbons (Fsp3) is 0.750. The van der Waals surface area contributed by atoms with Gasteiger partial charge in [0.05, 0.1) is 6.20 Å². The van der Waals surface area contributed by atoms with Gasteiger partial charge in [-0.3, -0.25) is 4.68 Å². The van der Waals surface area contributed by atoms with Crippen LogP contribution in [0.2, 0.25) is 0 Å². The normalized spacial score (nSPS) is 12.5. The summed E-state index contributed by atoms with van der Waals surface area (Å²) in [5, 5.41) is 7.15. The van der Waals surface area contributed by atoms with E-state index < -0.39 is 10.0 Å². The number of nitrogens with one attached hydrogen (secondary N) is 1. The monoisotopic (exact) mass is 303 g/mol. The van der Waals surface area contributed by atoms with Crippen LogP contribution in [0.5, 0.6) is 0 Å². The first-order chi connectivity index (χ1) is 9.37. The van der Waals surface area contributed by atoms with Gasteiger partial charge < -0.3 is 10.2 Å². The maximum absolute atomic E-state index is 12.3. The molecule has 1 heterocycles. The molecule has 0 fully saturated rings. The summed E-state index contributed by atoms with van der Waals surface area (Å²) in [4.78, 5) is 2.20. The van der Waals surface area contributed by atoms with Gasteiger partial charge in [-0.05, 0) is 34.1 Å². The Morgan fingerprint density at radius 2 is 2.00 bits per heavy atom. The Kier molecular flexibility index (Phi) is 6.60. The molecule has 0 aliphatic heterocycles. The van der Waals surface area contributed by atoms with E-state index in [0.717, 1.165) is 13.0 Å². The summed E-state index contributed by atoms with van der Waals surface area (Å²) in [6.45, 7) is 2.73. The number of aromatic nitrogens is 2. The molecule has 0 spiro atoms. The Morgan fingerprint density at radius 1 is 1.30 bits per heavy atom. The molecule has 0 aromatic carbocycles. The Balaban J connectivity index is 2.67. The first kappa shape index (κ1) is 17.1. The van der Waals surface area contributed by atoms with Crippen LogP contribution in [-0.4, -0.2) is 75.2 Å². The maximum Gasteiger partial charge on any atom is 0.245 e. The minimum absolute atomic E-state index is 0.253. The van der Waals surface area contributed by atoms with Crippen LogP contribution in [0.15, 0.2) is 17.3 Å². The van der Waals surface area contributed by atoms with Gasteiger partial charge in [-0.15, -0.1) is 0 Å². The zero-order chi connectivity index (χ0) is 15.2. The third-order valence-electron chi connectivity index (χ3n) is 2.99. The topological polar surface area (TPSA) is 70.5 Å². The Labute approximate surface area is 121 Å². The molecular formula is C12H25N5O2S. The minimum atomic E-state index is -3.44. The van der Waals surface area contributed by atoms with E-state index in [-0.39, 0.29) is 4.90 Å². The Bertz CT molecular complexity index is 498. The van der Waals surface area contributed by atoms with Crippen molar-refractivity contribution in [3.05, 3.63) is 12.4 Å². The lowest BCUT2D eigenvalue weighted by molar-refractivity contribution is 0.358. The molecule has 1 aromatic rings. The Hall–Kier alpha value is -0.960. The quantitative estimate of drug-likeness (QED) is 0.633. The van der Waals surface area contributed by atoms with Crippen molar-refractivity contribution in [1.82, 2.24) is 24.3 Å². The molecule has 1 rings (SSSR count). The molecule has 0 amide bonds. The summed E-state index contributed by atoms with van der Waals surface area (Å²) in [5.41, 5.74) is 0. The highest BCUT2D eigenvalue weighted by Crippen LogP contribution is 2.13. The van der Waals surface area contributed by atoms with E-state index in [2.05, 4.69) is 10.4 Å². The number of hydrogen-bond donors (Lipinski definition) is 1. The van der Waals surface area contributed by atoms with E-state index >= 15 is 0 Å². The van der Waals surface area contributed by atoms with E-state index in [0.29, 0.717) is 19.6 Å². The fourth-order valence-corrected chi connectivity index (χ4v) is 2.78. The predicted octanol–water partition coefficient (Wildman–Crippen LogP) is -0.325. The van der Waals surface area contributed by atoms with Crippen LogP contribution in [0.25, 0.3) is 0 Å². The second-order valence-corrected chi connectivity index (χ2v) is 7.07. The average Bonchev–Trinajstić information content (AvgIpc) is 2.85. The smallest absolute Gasteiger partial charge is 0.245 e. The number of aryl methyl sites for hydroxylation is 1. The van der Waals surface area contributed by atoms with Gasteiger partial charge in [0.2, 0.25) is 10.0 Å². The van der Waals surface area contributed by atoms with E-state index in [1.165, 1.54) is 10.5 Å². The predicted molar refractivity (Wildman–Crippen MR) is 79.1 cm³/mol. The van der Waals surface area contributed by atoms with Crippen LogP contribution < -0.4 is 5.32 Å². The zero-order valence-corrected chi connectivity index (χ0v) is 13.5. The molecule has 20 heavy (non-hydrogen) atoms. The van der Waals surface area contributed by atoms with Crippen molar-refractivity contribution in [2.45, 2.75) is 17.9 Å². The van der Waals surface area contributed by atoms with Crippen LogP contribution in [-0.2, 0) is 16.6 Å². The van der Waals surface area contributed by atoms with Crippen LogP contribution in [0.3, 0.4) is 0 Å². The molecule has 1 N–H and O–H groups in total. The average molecular weight is 303 g/mol. The van der Waals surface area contributed by atoms with Gasteiger partial charge in [0, 0.05) is 32.9 Å². The van der Waals surface area contributed by atoms with Gasteiger partial charge >= 0.3 is 0 Å². The molecule has 0 saturated carbocycles. The molecule has 0 atom stereocenters. The van der Waals surface area contributed by atoms with Crippen molar-refractivity contribution in [1.29, 1.82) is 0 Å². The molecule has 116 valence electrons. The fourth-order valence-electron chi connectivity index (χ4n) is 1.66. The number of hydrogen-bond acceptors (Lipinski definition) is 5. The van der Waals surface area contributed by atoms with Crippen molar-refractivity contribution >= 4 is 10.0 Å². The summed E-state index contributed by atoms with van der Waals surface area (Å²) in [6.07, 6.45) is 3.92. The summed E-state index contributed by atoms with van der Waals surface area (Å²) in [5.74, 6) is 0. The summed E-state index contributed by atoms with van der Waals surface area (Å²) < 4.78 is 27.7. The van der Waals surface area contributed by atoms with Crippen molar-refractivity contribution in [2.24, 2.45) is 0 Å². The second-order valence-electron chi connectivity index (χ2n) is 5.03. The minimum Gasteiger partial charge on any atom is -0.320 e. The van der Waals surface area contributed by atoms with Gasteiger partial charge in [-0.25, -0.2) is 8.42 Å². The number of rotatable bonds is 9. The lowest BCUT2D eigenvalue weighted by Gasteiger charge is -2.18. The molecule has 8 heteroatoms. The molecule has 0 aliphatic carbocycles. The molecule has 1 aromatic heterocycles. The van der Waals surface area contributed by atoms with Gasteiger partial charge in [-0.1, -0.05) is 0 Å². The van der Waals surface area contributed by atoms with Crippen LogP contribution >= 0.6 is 0 Å². The van der Waals surface area contributed by atoms with Gasteiger partial charge in [0.15, 0.2) is 0 Å². The maximum atomic E-state index is 12.3. The third-order valence-corrected chi connectivity index (χ3v) is 4.80. The molecule has 0 radical (unpaired) electrons. The summed E-state index contributed by atoms with van der Waals surface area (Å²) in [7, 11) is 3.88. The van der Waals surface area contributed by atoms with Gasteiger partial charge in [-0.2, -0.15) is 9.40 Å². The standard InChI is InChI=1S/C12H25N5O2S/c1-13-6-5-7-17-11-12(10-14-17)20(18,19)16(4)9-8-15(2)3/h10-11,13H,5-9H2,1-4H3. The third kappa shape index (κ3) is 4.86. The zero-order valence-electron chi connectivity index (χ0n) is 12.7. The second kappa shape index (κ2) is 7.72. The molecule has 0 unspecified atom stereocenters. The lowest BCUT2D eigenvalue weighted by atomic mass is 10.4. The number of sulfonamides is 1. The molecule has 0 aliphatic rings. The summed E-state index contributed by atoms with van der Waals surface area (Å²) >= 11 is 0. The molecule has 0 bridgehead atoms. The van der Waals surface area contributed by atoms with Crippen LogP contribution in [0.1, 0.15) is 6.42 Å². The summed E-state index contributed by atoms with van der Waals surface area (Å²) in [6, 6.07) is 0. The molecule has 0 saturated heterocycles. The lowest BCUT2D eigenvalue weighted by Crippen LogP contribution is -2.33. The SMILES string of the molecule is CNCCCn1cc(S(=O)(=O)N(C)CCN(C)C)cn1. The van der Waals surface area contributed by atoms with Crippen LogP contribution in [0.4, 0.5) is 0 Å². The highest BCUT2D eigenvalue weighted by molar-refractivity contribution is 7.89. The van der Waals surface area contributed by atoms with Crippen molar-refractivity contribution in [2.75, 3.05) is 47.8 Å². The first-order valence-electron chi connectivity index (χ1n) is 6.66. The Morgan fingerprint density at radius 3 is 2.60 bits per heavy atom. The van der Waals surface area contributed by atoms with E-state index in [1.807, 2.05) is 26.0 Å². The first-order valence-corrected chi connectivity index (χ1v) is 8.10. The van der Waals surface area contributed by atoms with Crippen molar-refractivity contribution in [3.8, 4) is 0 Å².